The van der Waals surface area contributed by atoms with Crippen LogP contribution in [0.2, 0.25) is 0 Å². The van der Waals surface area contributed by atoms with Crippen molar-refractivity contribution in [2.24, 2.45) is 0 Å². The zero-order valence-electron chi connectivity index (χ0n) is 15.3. The Morgan fingerprint density at radius 1 is 1.25 bits per heavy atom. The first-order valence-electron chi connectivity index (χ1n) is 8.86. The lowest BCUT2D eigenvalue weighted by Gasteiger charge is -2.27. The number of benzene rings is 1. The second-order valence-corrected chi connectivity index (χ2v) is 12.1. The highest BCUT2D eigenvalue weighted by atomic mass is 32.2. The largest absolute Gasteiger partial charge is 0.255 e. The molecule has 0 saturated carbocycles. The first-order chi connectivity index (χ1) is 13.3. The topological polar surface area (TPSA) is 84.4 Å². The van der Waals surface area contributed by atoms with Gasteiger partial charge >= 0.3 is 0 Å². The van der Waals surface area contributed by atoms with E-state index in [1.807, 2.05) is 36.6 Å². The van der Waals surface area contributed by atoms with Crippen molar-refractivity contribution in [2.75, 3.05) is 11.5 Å². The van der Waals surface area contributed by atoms with Crippen molar-refractivity contribution in [3.8, 4) is 0 Å². The van der Waals surface area contributed by atoms with Crippen molar-refractivity contribution < 1.29 is 16.8 Å². The third-order valence-electron chi connectivity index (χ3n) is 4.90. The maximum absolute atomic E-state index is 13.7. The maximum atomic E-state index is 13.7. The molecular formula is C19H20N2O4S3. The summed E-state index contributed by atoms with van der Waals surface area (Å²) in [6.07, 6.45) is 1.95. The molecule has 1 aliphatic heterocycles. The molecule has 1 aliphatic rings. The van der Waals surface area contributed by atoms with Crippen LogP contribution < -0.4 is 0 Å². The molecule has 0 amide bonds. The quantitative estimate of drug-likeness (QED) is 0.614. The third kappa shape index (κ3) is 3.71. The van der Waals surface area contributed by atoms with E-state index in [1.165, 1.54) is 15.6 Å². The van der Waals surface area contributed by atoms with Gasteiger partial charge in [-0.05, 0) is 42.5 Å². The molecule has 4 rings (SSSR count). The van der Waals surface area contributed by atoms with Gasteiger partial charge in [0.2, 0.25) is 10.0 Å². The second-order valence-electron chi connectivity index (χ2n) is 7.03. The number of aromatic nitrogens is 1. The number of para-hydroxylation sites is 1. The minimum absolute atomic E-state index is 0.0150. The van der Waals surface area contributed by atoms with Crippen LogP contribution in [0.4, 0.5) is 0 Å². The van der Waals surface area contributed by atoms with Crippen LogP contribution in [0.3, 0.4) is 0 Å². The van der Waals surface area contributed by atoms with E-state index in [-0.39, 0.29) is 22.9 Å². The Labute approximate surface area is 168 Å². The average Bonchev–Trinajstić information content (AvgIpc) is 3.27. The van der Waals surface area contributed by atoms with Crippen molar-refractivity contribution in [3.05, 3.63) is 58.4 Å². The van der Waals surface area contributed by atoms with Crippen LogP contribution in [-0.2, 0) is 26.4 Å². The van der Waals surface area contributed by atoms with E-state index in [9.17, 15) is 16.8 Å². The first-order valence-corrected chi connectivity index (χ1v) is 13.0. The molecule has 0 bridgehead atoms. The van der Waals surface area contributed by atoms with Gasteiger partial charge in [0.1, 0.15) is 4.90 Å². The van der Waals surface area contributed by atoms with Crippen molar-refractivity contribution in [1.29, 1.82) is 0 Å². The van der Waals surface area contributed by atoms with E-state index in [0.29, 0.717) is 11.9 Å². The normalized spacial score (nSPS) is 19.4. The van der Waals surface area contributed by atoms with Crippen LogP contribution in [0.1, 0.15) is 16.9 Å². The van der Waals surface area contributed by atoms with Gasteiger partial charge in [-0.1, -0.05) is 18.2 Å². The third-order valence-corrected chi connectivity index (χ3v) is 9.45. The molecule has 1 aromatic carbocycles. The molecule has 3 aromatic rings. The summed E-state index contributed by atoms with van der Waals surface area (Å²) in [7, 11) is -7.17. The summed E-state index contributed by atoms with van der Waals surface area (Å²) in [4.78, 5) is 5.35. The van der Waals surface area contributed by atoms with Gasteiger partial charge in [0.05, 0.1) is 17.0 Å². The van der Waals surface area contributed by atoms with Gasteiger partial charge in [0.25, 0.3) is 0 Å². The fraction of sp³-hybridized carbons (Fsp3) is 0.316. The van der Waals surface area contributed by atoms with E-state index in [2.05, 4.69) is 4.98 Å². The molecular weight excluding hydrogens is 416 g/mol. The Morgan fingerprint density at radius 3 is 2.75 bits per heavy atom. The molecule has 0 spiro atoms. The highest BCUT2D eigenvalue weighted by Gasteiger charge is 2.39. The van der Waals surface area contributed by atoms with Crippen LogP contribution in [0.5, 0.6) is 0 Å². The van der Waals surface area contributed by atoms with Crippen LogP contribution in [-0.4, -0.2) is 43.7 Å². The number of nitrogens with zero attached hydrogens (tertiary/aromatic N) is 2. The number of hydrogen-bond donors (Lipinski definition) is 0. The summed E-state index contributed by atoms with van der Waals surface area (Å²) in [5, 5.41) is 2.63. The Kier molecular flexibility index (Phi) is 5.03. The van der Waals surface area contributed by atoms with E-state index >= 15 is 0 Å². The molecule has 28 heavy (non-hydrogen) atoms. The summed E-state index contributed by atoms with van der Waals surface area (Å²) >= 11 is 1.46. The molecule has 1 atom stereocenters. The molecule has 0 unspecified atom stereocenters. The fourth-order valence-corrected chi connectivity index (χ4v) is 7.96. The van der Waals surface area contributed by atoms with Gasteiger partial charge in [0.15, 0.2) is 9.84 Å². The predicted molar refractivity (Wildman–Crippen MR) is 111 cm³/mol. The lowest BCUT2D eigenvalue weighted by molar-refractivity contribution is 0.337. The molecule has 148 valence electrons. The minimum atomic E-state index is -3.94. The first kappa shape index (κ1) is 19.5. The lowest BCUT2D eigenvalue weighted by atomic mass is 10.2. The number of hydrogen-bond acceptors (Lipinski definition) is 6. The predicted octanol–water partition coefficient (Wildman–Crippen LogP) is 2.98. The van der Waals surface area contributed by atoms with Crippen LogP contribution >= 0.6 is 11.3 Å². The van der Waals surface area contributed by atoms with Gasteiger partial charge in [-0.25, -0.2) is 16.8 Å². The van der Waals surface area contributed by atoms with Gasteiger partial charge in [-0.3, -0.25) is 4.98 Å². The standard InChI is InChI=1S/C19H20N2O4S3/c1-14-10-15-4-2-6-18(19(15)20-11-14)28(24,25)21(12-17-5-3-8-26-17)16-7-9-27(22,23)13-16/h2-6,8,10-11,16H,7,9,12-13H2,1H3/t16-/m1/s1. The van der Waals surface area contributed by atoms with Crippen molar-refractivity contribution in [3.63, 3.8) is 0 Å². The summed E-state index contributed by atoms with van der Waals surface area (Å²) < 4.78 is 52.7. The van der Waals surface area contributed by atoms with Crippen molar-refractivity contribution in [1.82, 2.24) is 9.29 Å². The van der Waals surface area contributed by atoms with Crippen molar-refractivity contribution in [2.45, 2.75) is 30.8 Å². The SMILES string of the molecule is Cc1cnc2c(S(=O)(=O)N(Cc3cccs3)[C@@H]3CCS(=O)(=O)C3)cccc2c1. The summed E-state index contributed by atoms with van der Waals surface area (Å²) in [6.45, 7) is 2.06. The molecule has 2 aromatic heterocycles. The molecule has 9 heteroatoms. The molecule has 1 fully saturated rings. The summed E-state index contributed by atoms with van der Waals surface area (Å²) in [5.41, 5.74) is 1.35. The van der Waals surface area contributed by atoms with Gasteiger partial charge in [0, 0.05) is 29.0 Å². The highest BCUT2D eigenvalue weighted by molar-refractivity contribution is 7.92. The number of sulfonamides is 1. The minimum Gasteiger partial charge on any atom is -0.255 e. The number of aryl methyl sites for hydroxylation is 1. The van der Waals surface area contributed by atoms with Crippen LogP contribution in [0, 0.1) is 6.92 Å². The Hall–Kier alpha value is -1.81. The lowest BCUT2D eigenvalue weighted by Crippen LogP contribution is -2.40. The van der Waals surface area contributed by atoms with Crippen LogP contribution in [0.25, 0.3) is 10.9 Å². The Bertz CT molecular complexity index is 1220. The van der Waals surface area contributed by atoms with Gasteiger partial charge in [-0.2, -0.15) is 4.31 Å². The fourth-order valence-electron chi connectivity index (χ4n) is 3.55. The molecule has 6 nitrogen and oxygen atoms in total. The average molecular weight is 437 g/mol. The maximum Gasteiger partial charge on any atom is 0.245 e. The Balaban J connectivity index is 1.83. The number of sulfone groups is 1. The zero-order chi connectivity index (χ0) is 19.9. The zero-order valence-corrected chi connectivity index (χ0v) is 17.7. The van der Waals surface area contributed by atoms with E-state index in [4.69, 9.17) is 0 Å². The molecule has 0 radical (unpaired) electrons. The molecule has 1 saturated heterocycles. The number of rotatable bonds is 5. The number of pyridine rings is 1. The highest BCUT2D eigenvalue weighted by Crippen LogP contribution is 2.31. The smallest absolute Gasteiger partial charge is 0.245 e. The Morgan fingerprint density at radius 2 is 2.07 bits per heavy atom. The summed E-state index contributed by atoms with van der Waals surface area (Å²) in [5.74, 6) is -0.129. The van der Waals surface area contributed by atoms with E-state index in [0.717, 1.165) is 15.8 Å². The van der Waals surface area contributed by atoms with Crippen LogP contribution in [0.15, 0.2) is 52.9 Å². The monoisotopic (exact) mass is 436 g/mol. The molecule has 3 heterocycles. The van der Waals surface area contributed by atoms with Crippen molar-refractivity contribution >= 4 is 42.1 Å². The number of thiophene rings is 1. The second kappa shape index (κ2) is 7.22. The van der Waals surface area contributed by atoms with Gasteiger partial charge < -0.3 is 0 Å². The van der Waals surface area contributed by atoms with E-state index < -0.39 is 25.9 Å². The molecule has 0 aliphatic carbocycles. The molecule has 0 N–H and O–H groups in total. The summed E-state index contributed by atoms with van der Waals surface area (Å²) in [6, 6.07) is 10.1. The van der Waals surface area contributed by atoms with Gasteiger partial charge in [-0.15, -0.1) is 11.3 Å². The van der Waals surface area contributed by atoms with E-state index in [1.54, 1.807) is 18.3 Å². The number of fused-ring (bicyclic) bond motifs is 1.